The third kappa shape index (κ3) is 6.97. The fourth-order valence-corrected chi connectivity index (χ4v) is 3.76. The minimum atomic E-state index is -4.15. The highest BCUT2D eigenvalue weighted by Gasteiger charge is 2.17. The van der Waals surface area contributed by atoms with Gasteiger partial charge in [0.25, 0.3) is 10.0 Å². The molecule has 0 aliphatic carbocycles. The van der Waals surface area contributed by atoms with Crippen LogP contribution in [0.15, 0.2) is 71.6 Å². The summed E-state index contributed by atoms with van der Waals surface area (Å²) in [4.78, 5) is 23.4. The van der Waals surface area contributed by atoms with Crippen LogP contribution in [0, 0.1) is 17.5 Å². The van der Waals surface area contributed by atoms with Gasteiger partial charge in [-0.15, -0.1) is 0 Å². The Labute approximate surface area is 193 Å². The summed E-state index contributed by atoms with van der Waals surface area (Å²) in [6, 6.07) is 12.7. The maximum absolute atomic E-state index is 13.3. The number of carbonyl (C=O) groups excluding carboxylic acids is 2. The lowest BCUT2D eigenvalue weighted by Crippen LogP contribution is -2.39. The molecule has 0 fully saturated rings. The molecule has 0 spiro atoms. The highest BCUT2D eigenvalue weighted by molar-refractivity contribution is 7.92. The Hall–Kier alpha value is -4.06. The van der Waals surface area contributed by atoms with Crippen molar-refractivity contribution in [1.29, 1.82) is 0 Å². The van der Waals surface area contributed by atoms with Crippen molar-refractivity contribution >= 4 is 33.3 Å². The van der Waals surface area contributed by atoms with Gasteiger partial charge in [-0.3, -0.25) is 9.52 Å². The van der Waals surface area contributed by atoms with Crippen molar-refractivity contribution in [1.82, 2.24) is 10.6 Å². The van der Waals surface area contributed by atoms with Gasteiger partial charge >= 0.3 is 6.03 Å². The Morgan fingerprint density at radius 2 is 1.41 bits per heavy atom. The van der Waals surface area contributed by atoms with Crippen molar-refractivity contribution in [3.8, 4) is 0 Å². The zero-order chi connectivity index (χ0) is 24.7. The Kier molecular flexibility index (Phi) is 7.74. The van der Waals surface area contributed by atoms with Crippen LogP contribution in [0.25, 0.3) is 0 Å². The number of benzene rings is 3. The quantitative estimate of drug-likeness (QED) is 0.386. The monoisotopic (exact) mass is 492 g/mol. The first-order chi connectivity index (χ1) is 16.1. The van der Waals surface area contributed by atoms with Gasteiger partial charge in [-0.1, -0.05) is 12.1 Å². The number of hydrogen-bond donors (Lipinski definition) is 4. The van der Waals surface area contributed by atoms with Crippen LogP contribution >= 0.6 is 0 Å². The zero-order valence-electron chi connectivity index (χ0n) is 17.4. The first-order valence-corrected chi connectivity index (χ1v) is 11.2. The summed E-state index contributed by atoms with van der Waals surface area (Å²) >= 11 is 0. The molecule has 0 bridgehead atoms. The van der Waals surface area contributed by atoms with E-state index in [0.717, 1.165) is 6.07 Å². The molecule has 3 aromatic rings. The number of amides is 3. The van der Waals surface area contributed by atoms with Crippen molar-refractivity contribution in [3.63, 3.8) is 0 Å². The maximum atomic E-state index is 13.3. The summed E-state index contributed by atoms with van der Waals surface area (Å²) in [6.45, 7) is -0.185. The fourth-order valence-electron chi connectivity index (χ4n) is 2.69. The van der Waals surface area contributed by atoms with E-state index in [9.17, 15) is 31.2 Å². The summed E-state index contributed by atoms with van der Waals surface area (Å²) < 4.78 is 66.0. The molecule has 3 amide bonds. The lowest BCUT2D eigenvalue weighted by Gasteiger charge is -2.11. The molecular weight excluding hydrogens is 473 g/mol. The average Bonchev–Trinajstić information content (AvgIpc) is 2.80. The Bertz CT molecular complexity index is 1280. The molecular formula is C22H19F3N4O4S. The van der Waals surface area contributed by atoms with Crippen molar-refractivity contribution in [2.75, 3.05) is 16.6 Å². The number of carbonyl (C=O) groups is 2. The van der Waals surface area contributed by atoms with E-state index in [2.05, 4.69) is 20.7 Å². The van der Waals surface area contributed by atoms with Crippen LogP contribution in [-0.2, 0) is 21.4 Å². The predicted octanol–water partition coefficient (Wildman–Crippen LogP) is 3.34. The first kappa shape index (κ1) is 24.6. The van der Waals surface area contributed by atoms with Gasteiger partial charge in [-0.25, -0.2) is 26.4 Å². The molecule has 0 aliphatic rings. The van der Waals surface area contributed by atoms with Gasteiger partial charge in [0.2, 0.25) is 5.91 Å². The third-order valence-electron chi connectivity index (χ3n) is 4.40. The van der Waals surface area contributed by atoms with Crippen LogP contribution in [-0.4, -0.2) is 26.9 Å². The molecule has 0 saturated heterocycles. The molecule has 0 radical (unpaired) electrons. The van der Waals surface area contributed by atoms with E-state index in [1.54, 1.807) is 0 Å². The molecule has 8 nitrogen and oxygen atoms in total. The van der Waals surface area contributed by atoms with Gasteiger partial charge in [0.1, 0.15) is 5.82 Å². The predicted molar refractivity (Wildman–Crippen MR) is 119 cm³/mol. The highest BCUT2D eigenvalue weighted by Crippen LogP contribution is 2.20. The molecule has 178 valence electrons. The lowest BCUT2D eigenvalue weighted by molar-refractivity contribution is -0.115. The summed E-state index contributed by atoms with van der Waals surface area (Å²) in [5.74, 6) is -3.39. The number of hydrogen-bond acceptors (Lipinski definition) is 4. The molecule has 34 heavy (non-hydrogen) atoms. The Morgan fingerprint density at radius 3 is 2.06 bits per heavy atom. The van der Waals surface area contributed by atoms with Gasteiger partial charge in [0.15, 0.2) is 11.6 Å². The second-order valence-electron chi connectivity index (χ2n) is 6.97. The van der Waals surface area contributed by atoms with E-state index in [1.165, 1.54) is 48.5 Å². The first-order valence-electron chi connectivity index (χ1n) is 9.76. The molecule has 12 heteroatoms. The van der Waals surface area contributed by atoms with Gasteiger partial charge in [-0.05, 0) is 60.2 Å². The number of urea groups is 1. The van der Waals surface area contributed by atoms with Crippen molar-refractivity contribution in [2.24, 2.45) is 0 Å². The number of sulfonamides is 1. The standard InChI is InChI=1S/C22H19F3N4O4S/c23-15-3-1-14(2-4-15)12-26-22(31)27-13-21(30)28-16-5-7-17(8-6-16)29-34(32,33)18-9-10-19(24)20(25)11-18/h1-11,29H,12-13H2,(H,28,30)(H2,26,27,31). The van der Waals surface area contributed by atoms with Crippen LogP contribution < -0.4 is 20.7 Å². The maximum Gasteiger partial charge on any atom is 0.315 e. The van der Waals surface area contributed by atoms with E-state index in [1.807, 2.05) is 0 Å². The van der Waals surface area contributed by atoms with Crippen LogP contribution in [0.3, 0.4) is 0 Å². The number of nitrogens with one attached hydrogen (secondary N) is 4. The largest absolute Gasteiger partial charge is 0.334 e. The Morgan fingerprint density at radius 1 is 0.765 bits per heavy atom. The van der Waals surface area contributed by atoms with E-state index in [-0.39, 0.29) is 18.8 Å². The van der Waals surface area contributed by atoms with Gasteiger partial charge < -0.3 is 16.0 Å². The molecule has 0 unspecified atom stereocenters. The van der Waals surface area contributed by atoms with Gasteiger partial charge in [0.05, 0.1) is 11.4 Å². The van der Waals surface area contributed by atoms with E-state index >= 15 is 0 Å². The second-order valence-corrected chi connectivity index (χ2v) is 8.65. The number of anilines is 2. The molecule has 0 saturated carbocycles. The fraction of sp³-hybridized carbons (Fsp3) is 0.0909. The molecule has 0 heterocycles. The lowest BCUT2D eigenvalue weighted by atomic mass is 10.2. The van der Waals surface area contributed by atoms with Crippen LogP contribution in [0.2, 0.25) is 0 Å². The smallest absolute Gasteiger partial charge is 0.315 e. The normalized spacial score (nSPS) is 10.9. The summed E-state index contributed by atoms with van der Waals surface area (Å²) in [7, 11) is -4.15. The van der Waals surface area contributed by atoms with E-state index in [4.69, 9.17) is 0 Å². The van der Waals surface area contributed by atoms with Crippen molar-refractivity contribution in [2.45, 2.75) is 11.4 Å². The topological polar surface area (TPSA) is 116 Å². The van der Waals surface area contributed by atoms with E-state index in [0.29, 0.717) is 23.4 Å². The minimum Gasteiger partial charge on any atom is -0.334 e. The summed E-state index contributed by atoms with van der Waals surface area (Å²) in [5, 5.41) is 7.41. The SMILES string of the molecule is O=C(CNC(=O)NCc1ccc(F)cc1)Nc1ccc(NS(=O)(=O)c2ccc(F)c(F)c2)cc1. The molecule has 0 atom stereocenters. The second kappa shape index (κ2) is 10.7. The van der Waals surface area contributed by atoms with Crippen molar-refractivity contribution in [3.05, 3.63) is 89.7 Å². The molecule has 4 N–H and O–H groups in total. The zero-order valence-corrected chi connectivity index (χ0v) is 18.3. The van der Waals surface area contributed by atoms with Crippen LogP contribution in [0.5, 0.6) is 0 Å². The van der Waals surface area contributed by atoms with Crippen molar-refractivity contribution < 1.29 is 31.2 Å². The molecule has 0 aromatic heterocycles. The van der Waals surface area contributed by atoms with E-state index < -0.39 is 44.3 Å². The highest BCUT2D eigenvalue weighted by atomic mass is 32.2. The van der Waals surface area contributed by atoms with Gasteiger partial charge in [0, 0.05) is 17.9 Å². The molecule has 0 aliphatic heterocycles. The number of halogens is 3. The summed E-state index contributed by atoms with van der Waals surface area (Å²) in [6.07, 6.45) is 0. The number of rotatable bonds is 8. The van der Waals surface area contributed by atoms with Gasteiger partial charge in [-0.2, -0.15) is 0 Å². The minimum absolute atomic E-state index is 0.126. The summed E-state index contributed by atoms with van der Waals surface area (Å²) in [5.41, 5.74) is 1.14. The average molecular weight is 492 g/mol. The molecule has 3 rings (SSSR count). The third-order valence-corrected chi connectivity index (χ3v) is 5.78. The van der Waals surface area contributed by atoms with Crippen LogP contribution in [0.4, 0.5) is 29.3 Å². The molecule has 3 aromatic carbocycles. The van der Waals surface area contributed by atoms with Crippen LogP contribution in [0.1, 0.15) is 5.56 Å². The Balaban J connectivity index is 1.47.